The Morgan fingerprint density at radius 2 is 1.64 bits per heavy atom. The van der Waals surface area contributed by atoms with Crippen LogP contribution in [0.5, 0.6) is 5.75 Å². The summed E-state index contributed by atoms with van der Waals surface area (Å²) >= 11 is 0. The van der Waals surface area contributed by atoms with Crippen molar-refractivity contribution < 1.29 is 17.9 Å². The Morgan fingerprint density at radius 3 is 2.36 bits per heavy atom. The van der Waals surface area contributed by atoms with E-state index >= 15 is 0 Å². The van der Waals surface area contributed by atoms with Crippen molar-refractivity contribution in [3.63, 3.8) is 0 Å². The number of benzene rings is 2. The number of fused-ring (bicyclic) bond motifs is 1. The Balaban J connectivity index is 0.00000228. The highest BCUT2D eigenvalue weighted by Crippen LogP contribution is 2.28. The van der Waals surface area contributed by atoms with Crippen LogP contribution in [0.15, 0.2) is 48.5 Å². The van der Waals surface area contributed by atoms with E-state index in [1.165, 1.54) is 6.07 Å². The Kier molecular flexibility index (Phi) is 11.3. The highest BCUT2D eigenvalue weighted by molar-refractivity contribution is 5.89. The van der Waals surface area contributed by atoms with Crippen LogP contribution in [0.4, 0.5) is 24.9 Å². The van der Waals surface area contributed by atoms with Gasteiger partial charge in [0.25, 0.3) is 0 Å². The van der Waals surface area contributed by atoms with Gasteiger partial charge in [-0.3, -0.25) is 0 Å². The van der Waals surface area contributed by atoms with Crippen molar-refractivity contribution in [1.29, 1.82) is 0 Å². The van der Waals surface area contributed by atoms with Crippen LogP contribution in [0.3, 0.4) is 0 Å². The number of nitrogens with one attached hydrogen (secondary N) is 3. The maximum atomic E-state index is 12.6. The zero-order valence-corrected chi connectivity index (χ0v) is 21.6. The van der Waals surface area contributed by atoms with Crippen molar-refractivity contribution in [2.24, 2.45) is 5.92 Å². The molecule has 1 saturated carbocycles. The first-order valence-corrected chi connectivity index (χ1v) is 11.7. The molecule has 0 radical (unpaired) electrons. The third kappa shape index (κ3) is 8.28. The topological polar surface area (TPSA) is 71.1 Å². The van der Waals surface area contributed by atoms with Crippen LogP contribution in [-0.2, 0) is 6.42 Å². The second-order valence-electron chi connectivity index (χ2n) is 8.63. The number of aromatic nitrogens is 2. The predicted molar refractivity (Wildman–Crippen MR) is 143 cm³/mol. The molecule has 4 rings (SSSR count). The molecule has 36 heavy (non-hydrogen) atoms. The van der Waals surface area contributed by atoms with Gasteiger partial charge in [0, 0.05) is 18.5 Å². The first-order chi connectivity index (χ1) is 16.4. The largest absolute Gasteiger partial charge is 0.573 e. The van der Waals surface area contributed by atoms with Gasteiger partial charge in [-0.05, 0) is 74.9 Å². The molecule has 11 heteroatoms. The van der Waals surface area contributed by atoms with Gasteiger partial charge in [-0.2, -0.15) is 4.98 Å². The van der Waals surface area contributed by atoms with Gasteiger partial charge in [0.2, 0.25) is 5.95 Å². The van der Waals surface area contributed by atoms with Crippen LogP contribution in [0.25, 0.3) is 10.9 Å². The molecule has 0 spiro atoms. The Bertz CT molecular complexity index is 1090. The fourth-order valence-electron chi connectivity index (χ4n) is 4.49. The van der Waals surface area contributed by atoms with Crippen LogP contribution in [-0.4, -0.2) is 42.5 Å². The highest BCUT2D eigenvalue weighted by atomic mass is 35.5. The SMILES string of the molecule is CNc1nc(NC2CCC(CNCCc3ccccc3OC(F)(F)F)CC2)nc2ccccc12.Cl.Cl. The number of anilines is 2. The average Bonchev–Trinajstić information content (AvgIpc) is 2.82. The zero-order chi connectivity index (χ0) is 24.0. The first-order valence-electron chi connectivity index (χ1n) is 11.7. The lowest BCUT2D eigenvalue weighted by molar-refractivity contribution is -0.274. The van der Waals surface area contributed by atoms with E-state index in [-0.39, 0.29) is 30.6 Å². The maximum Gasteiger partial charge on any atom is 0.573 e. The van der Waals surface area contributed by atoms with Crippen LogP contribution < -0.4 is 20.7 Å². The standard InChI is InChI=1S/C25H30F3N5O.2ClH/c1-29-23-20-7-3-4-8-21(20)32-24(33-23)31-19-12-10-17(11-13-19)16-30-15-14-18-6-2-5-9-22(18)34-25(26,27)28;;/h2-9,17,19,30H,10-16H2,1H3,(H2,29,31,32,33);2*1H. The molecule has 198 valence electrons. The fraction of sp³-hybridized carbons (Fsp3) is 0.440. The molecular formula is C25H32Cl2F3N5O. The zero-order valence-electron chi connectivity index (χ0n) is 20.0. The number of alkyl halides is 3. The number of hydrogen-bond donors (Lipinski definition) is 3. The monoisotopic (exact) mass is 545 g/mol. The molecule has 6 nitrogen and oxygen atoms in total. The van der Waals surface area contributed by atoms with Gasteiger partial charge < -0.3 is 20.7 Å². The second-order valence-corrected chi connectivity index (χ2v) is 8.63. The number of hydrogen-bond acceptors (Lipinski definition) is 6. The van der Waals surface area contributed by atoms with Gasteiger partial charge in [0.15, 0.2) is 0 Å². The molecule has 1 aromatic heterocycles. The van der Waals surface area contributed by atoms with E-state index in [0.29, 0.717) is 36.4 Å². The maximum absolute atomic E-state index is 12.6. The van der Waals surface area contributed by atoms with Crippen molar-refractivity contribution >= 4 is 47.5 Å². The molecule has 1 heterocycles. The summed E-state index contributed by atoms with van der Waals surface area (Å²) in [5, 5.41) is 11.0. The third-order valence-corrected chi connectivity index (χ3v) is 6.22. The predicted octanol–water partition coefficient (Wildman–Crippen LogP) is 6.22. The first kappa shape index (κ1) is 29.7. The van der Waals surface area contributed by atoms with E-state index in [1.807, 2.05) is 31.3 Å². The summed E-state index contributed by atoms with van der Waals surface area (Å²) in [5.41, 5.74) is 1.46. The minimum absolute atomic E-state index is 0. The molecular weight excluding hydrogens is 514 g/mol. The van der Waals surface area contributed by atoms with Crippen molar-refractivity contribution in [2.75, 3.05) is 30.8 Å². The fourth-order valence-corrected chi connectivity index (χ4v) is 4.49. The summed E-state index contributed by atoms with van der Waals surface area (Å²) < 4.78 is 41.9. The summed E-state index contributed by atoms with van der Waals surface area (Å²) in [4.78, 5) is 9.29. The molecule has 1 aliphatic rings. The normalized spacial score (nSPS) is 17.6. The van der Waals surface area contributed by atoms with Crippen molar-refractivity contribution in [1.82, 2.24) is 15.3 Å². The Hall–Kier alpha value is -2.49. The molecule has 2 aromatic carbocycles. The van der Waals surface area contributed by atoms with Crippen molar-refractivity contribution in [3.05, 3.63) is 54.1 Å². The van der Waals surface area contributed by atoms with E-state index in [4.69, 9.17) is 0 Å². The smallest absolute Gasteiger partial charge is 0.406 e. The number of ether oxygens (including phenoxy) is 1. The van der Waals surface area contributed by atoms with E-state index in [9.17, 15) is 13.2 Å². The highest BCUT2D eigenvalue weighted by Gasteiger charge is 2.32. The van der Waals surface area contributed by atoms with Crippen LogP contribution in [0.2, 0.25) is 0 Å². The lowest BCUT2D eigenvalue weighted by Crippen LogP contribution is -2.32. The number of nitrogens with zero attached hydrogens (tertiary/aromatic N) is 2. The van der Waals surface area contributed by atoms with Gasteiger partial charge in [-0.15, -0.1) is 38.0 Å². The van der Waals surface area contributed by atoms with Crippen LogP contribution in [0.1, 0.15) is 31.2 Å². The Labute approximate surface area is 221 Å². The number of halogens is 5. The van der Waals surface area contributed by atoms with Crippen molar-refractivity contribution in [3.8, 4) is 5.75 Å². The average molecular weight is 546 g/mol. The molecule has 1 fully saturated rings. The molecule has 0 amide bonds. The lowest BCUT2D eigenvalue weighted by Gasteiger charge is -2.29. The van der Waals surface area contributed by atoms with E-state index < -0.39 is 6.36 Å². The molecule has 1 aliphatic carbocycles. The molecule has 3 aromatic rings. The molecule has 0 unspecified atom stereocenters. The number of rotatable bonds is 9. The third-order valence-electron chi connectivity index (χ3n) is 6.22. The summed E-state index contributed by atoms with van der Waals surface area (Å²) in [6, 6.07) is 14.6. The molecule has 3 N–H and O–H groups in total. The Morgan fingerprint density at radius 1 is 0.944 bits per heavy atom. The van der Waals surface area contributed by atoms with Gasteiger partial charge in [0.05, 0.1) is 5.52 Å². The minimum Gasteiger partial charge on any atom is -0.406 e. The molecule has 0 aliphatic heterocycles. The van der Waals surface area contributed by atoms with Gasteiger partial charge in [-0.1, -0.05) is 30.3 Å². The summed E-state index contributed by atoms with van der Waals surface area (Å²) in [6.45, 7) is 1.46. The summed E-state index contributed by atoms with van der Waals surface area (Å²) in [7, 11) is 1.86. The van der Waals surface area contributed by atoms with Gasteiger partial charge in [-0.25, -0.2) is 4.98 Å². The molecule has 0 bridgehead atoms. The van der Waals surface area contributed by atoms with E-state index in [2.05, 4.69) is 30.7 Å². The van der Waals surface area contributed by atoms with Crippen molar-refractivity contribution in [2.45, 2.75) is 44.5 Å². The van der Waals surface area contributed by atoms with Gasteiger partial charge in [0.1, 0.15) is 11.6 Å². The second kappa shape index (κ2) is 13.7. The van der Waals surface area contributed by atoms with E-state index in [1.54, 1.807) is 18.2 Å². The molecule has 0 atom stereocenters. The quantitative estimate of drug-likeness (QED) is 0.277. The summed E-state index contributed by atoms with van der Waals surface area (Å²) in [6.07, 6.45) is 0.00806. The lowest BCUT2D eigenvalue weighted by atomic mass is 9.86. The molecule has 0 saturated heterocycles. The van der Waals surface area contributed by atoms with Gasteiger partial charge >= 0.3 is 6.36 Å². The van der Waals surface area contributed by atoms with E-state index in [0.717, 1.165) is 48.9 Å². The van der Waals surface area contributed by atoms with Crippen LogP contribution in [0, 0.1) is 5.92 Å². The van der Waals surface area contributed by atoms with Crippen LogP contribution >= 0.6 is 24.8 Å². The number of para-hydroxylation sites is 2. The summed E-state index contributed by atoms with van der Waals surface area (Å²) in [5.74, 6) is 1.88. The minimum atomic E-state index is -4.68.